The summed E-state index contributed by atoms with van der Waals surface area (Å²) in [6, 6.07) is 19.8. The predicted molar refractivity (Wildman–Crippen MR) is 115 cm³/mol. The molecule has 1 heteroatoms. The second-order valence-corrected chi connectivity index (χ2v) is 8.20. The van der Waals surface area contributed by atoms with Gasteiger partial charge in [-0.15, -0.1) is 0 Å². The van der Waals surface area contributed by atoms with E-state index in [2.05, 4.69) is 66.7 Å². The molecule has 2 aliphatic carbocycles. The summed E-state index contributed by atoms with van der Waals surface area (Å²) in [7, 11) is 0. The van der Waals surface area contributed by atoms with Crippen molar-refractivity contribution in [3.63, 3.8) is 0 Å². The first-order chi connectivity index (χ1) is 13.3. The van der Waals surface area contributed by atoms with Crippen LogP contribution < -0.4 is 5.73 Å². The van der Waals surface area contributed by atoms with Gasteiger partial charge in [0, 0.05) is 0 Å². The molecule has 4 rings (SSSR count). The third-order valence-corrected chi connectivity index (χ3v) is 6.29. The maximum absolute atomic E-state index is 5.75. The third-order valence-electron chi connectivity index (χ3n) is 6.29. The number of hydrogen-bond acceptors (Lipinski definition) is 1. The smallest absolute Gasteiger partial charge is 0.00745 e. The Labute approximate surface area is 164 Å². The lowest BCUT2D eigenvalue weighted by Crippen LogP contribution is -2.17. The van der Waals surface area contributed by atoms with E-state index in [4.69, 9.17) is 5.73 Å². The molecule has 27 heavy (non-hydrogen) atoms. The van der Waals surface area contributed by atoms with E-state index in [1.807, 2.05) is 0 Å². The fourth-order valence-electron chi connectivity index (χ4n) is 4.65. The molecule has 1 saturated carbocycles. The highest BCUT2D eigenvalue weighted by Crippen LogP contribution is 2.39. The van der Waals surface area contributed by atoms with Gasteiger partial charge in [0.2, 0.25) is 0 Å². The van der Waals surface area contributed by atoms with Crippen molar-refractivity contribution in [2.75, 3.05) is 6.54 Å². The van der Waals surface area contributed by atoms with Crippen LogP contribution in [0, 0.1) is 11.8 Å². The zero-order valence-electron chi connectivity index (χ0n) is 16.2. The van der Waals surface area contributed by atoms with Crippen molar-refractivity contribution in [2.24, 2.45) is 17.6 Å². The zero-order chi connectivity index (χ0) is 18.5. The van der Waals surface area contributed by atoms with Gasteiger partial charge in [0.05, 0.1) is 0 Å². The summed E-state index contributed by atoms with van der Waals surface area (Å²) in [6.45, 7) is 0.836. The molecule has 140 valence electrons. The molecule has 2 aromatic carbocycles. The summed E-state index contributed by atoms with van der Waals surface area (Å²) >= 11 is 0. The summed E-state index contributed by atoms with van der Waals surface area (Å²) in [5.41, 5.74) is 13.1. The molecule has 2 aromatic rings. The van der Waals surface area contributed by atoms with Crippen LogP contribution in [-0.2, 0) is 6.42 Å². The molecule has 0 spiro atoms. The van der Waals surface area contributed by atoms with E-state index in [0.29, 0.717) is 5.92 Å². The molecule has 0 amide bonds. The molecule has 0 bridgehead atoms. The van der Waals surface area contributed by atoms with Crippen LogP contribution in [0.25, 0.3) is 11.1 Å². The Morgan fingerprint density at radius 2 is 1.63 bits per heavy atom. The molecule has 0 saturated heterocycles. The molecule has 0 aliphatic heterocycles. The minimum atomic E-state index is 0.712. The SMILES string of the molecule is NCCC1CCC2=CC(CCc3ccc(-c4ccccc4)cc3)CC=C2C1. The van der Waals surface area contributed by atoms with Gasteiger partial charge >= 0.3 is 0 Å². The third kappa shape index (κ3) is 4.59. The van der Waals surface area contributed by atoms with Gasteiger partial charge in [0.1, 0.15) is 0 Å². The average Bonchev–Trinajstić information content (AvgIpc) is 2.73. The van der Waals surface area contributed by atoms with Crippen molar-refractivity contribution >= 4 is 0 Å². The number of fused-ring (bicyclic) bond motifs is 1. The van der Waals surface area contributed by atoms with E-state index >= 15 is 0 Å². The Bertz CT molecular complexity index is 798. The first kappa shape index (κ1) is 18.3. The van der Waals surface area contributed by atoms with Crippen LogP contribution in [-0.4, -0.2) is 6.54 Å². The largest absolute Gasteiger partial charge is 0.330 e. The second kappa shape index (κ2) is 8.71. The zero-order valence-corrected chi connectivity index (χ0v) is 16.2. The normalized spacial score (nSPS) is 22.0. The van der Waals surface area contributed by atoms with Gasteiger partial charge in [-0.25, -0.2) is 0 Å². The fourth-order valence-corrected chi connectivity index (χ4v) is 4.65. The summed E-state index contributed by atoms with van der Waals surface area (Å²) < 4.78 is 0. The van der Waals surface area contributed by atoms with E-state index in [0.717, 1.165) is 12.5 Å². The van der Waals surface area contributed by atoms with Crippen LogP contribution in [0.1, 0.15) is 44.1 Å². The number of benzene rings is 2. The highest BCUT2D eigenvalue weighted by atomic mass is 14.5. The molecule has 1 nitrogen and oxygen atoms in total. The molecular formula is C26H31N. The second-order valence-electron chi connectivity index (χ2n) is 8.20. The molecule has 1 fully saturated rings. The molecule has 2 aliphatic rings. The van der Waals surface area contributed by atoms with Gasteiger partial charge < -0.3 is 5.73 Å². The van der Waals surface area contributed by atoms with Gasteiger partial charge in [0.25, 0.3) is 0 Å². The highest BCUT2D eigenvalue weighted by molar-refractivity contribution is 5.63. The first-order valence-electron chi connectivity index (χ1n) is 10.6. The van der Waals surface area contributed by atoms with Gasteiger partial charge in [-0.3, -0.25) is 0 Å². The number of aryl methyl sites for hydroxylation is 1. The van der Waals surface area contributed by atoms with Crippen molar-refractivity contribution in [3.8, 4) is 11.1 Å². The minimum absolute atomic E-state index is 0.712. The van der Waals surface area contributed by atoms with E-state index in [1.54, 1.807) is 11.1 Å². The Morgan fingerprint density at radius 1 is 0.852 bits per heavy atom. The number of hydrogen-bond donors (Lipinski definition) is 1. The lowest BCUT2D eigenvalue weighted by atomic mass is 9.75. The highest BCUT2D eigenvalue weighted by Gasteiger charge is 2.23. The van der Waals surface area contributed by atoms with Crippen molar-refractivity contribution in [2.45, 2.75) is 44.9 Å². The number of allylic oxidation sites excluding steroid dienone is 4. The van der Waals surface area contributed by atoms with Crippen LogP contribution in [0.2, 0.25) is 0 Å². The molecule has 2 unspecified atom stereocenters. The standard InChI is InChI=1S/C26H31N/c27-17-16-22-11-15-25-18-21(10-14-26(25)19-22)7-6-20-8-12-24(13-9-20)23-4-2-1-3-5-23/h1-5,8-9,12-14,18,21-22H,6-7,10-11,15-17,19,27H2. The summed E-state index contributed by atoms with van der Waals surface area (Å²) in [6.07, 6.45) is 13.8. The molecule has 2 N–H and O–H groups in total. The first-order valence-corrected chi connectivity index (χ1v) is 10.6. The van der Waals surface area contributed by atoms with Crippen LogP contribution in [0.3, 0.4) is 0 Å². The van der Waals surface area contributed by atoms with E-state index in [1.165, 1.54) is 61.6 Å². The van der Waals surface area contributed by atoms with Crippen molar-refractivity contribution in [1.82, 2.24) is 0 Å². The fraction of sp³-hybridized carbons (Fsp3) is 0.385. The quantitative estimate of drug-likeness (QED) is 0.644. The van der Waals surface area contributed by atoms with Gasteiger partial charge in [-0.2, -0.15) is 0 Å². The Kier molecular flexibility index (Phi) is 5.89. The molecule has 0 radical (unpaired) electrons. The number of nitrogens with two attached hydrogens (primary N) is 1. The van der Waals surface area contributed by atoms with E-state index in [-0.39, 0.29) is 0 Å². The Hall–Kier alpha value is -2.12. The van der Waals surface area contributed by atoms with Crippen molar-refractivity contribution in [3.05, 3.63) is 83.5 Å². The molecule has 2 atom stereocenters. The summed E-state index contributed by atoms with van der Waals surface area (Å²) in [5.74, 6) is 1.53. The van der Waals surface area contributed by atoms with Gasteiger partial charge in [0.15, 0.2) is 0 Å². The maximum atomic E-state index is 5.75. The Morgan fingerprint density at radius 3 is 2.41 bits per heavy atom. The van der Waals surface area contributed by atoms with Crippen LogP contribution in [0.5, 0.6) is 0 Å². The minimum Gasteiger partial charge on any atom is -0.330 e. The van der Waals surface area contributed by atoms with Gasteiger partial charge in [-0.05, 0) is 91.2 Å². The van der Waals surface area contributed by atoms with Crippen LogP contribution in [0.15, 0.2) is 77.9 Å². The monoisotopic (exact) mass is 357 g/mol. The predicted octanol–water partition coefficient (Wildman–Crippen LogP) is 6.31. The van der Waals surface area contributed by atoms with Gasteiger partial charge in [-0.1, -0.05) is 66.7 Å². The van der Waals surface area contributed by atoms with E-state index in [9.17, 15) is 0 Å². The summed E-state index contributed by atoms with van der Waals surface area (Å²) in [5, 5.41) is 0. The van der Waals surface area contributed by atoms with Crippen molar-refractivity contribution < 1.29 is 0 Å². The van der Waals surface area contributed by atoms with Crippen LogP contribution >= 0.6 is 0 Å². The average molecular weight is 358 g/mol. The van der Waals surface area contributed by atoms with Crippen LogP contribution in [0.4, 0.5) is 0 Å². The number of rotatable bonds is 6. The molecule has 0 heterocycles. The lowest BCUT2D eigenvalue weighted by molar-refractivity contribution is 0.422. The summed E-state index contributed by atoms with van der Waals surface area (Å²) in [4.78, 5) is 0. The lowest BCUT2D eigenvalue weighted by Gasteiger charge is -2.30. The Balaban J connectivity index is 1.32. The molecular weight excluding hydrogens is 326 g/mol. The van der Waals surface area contributed by atoms with E-state index < -0.39 is 0 Å². The van der Waals surface area contributed by atoms with Crippen molar-refractivity contribution in [1.29, 1.82) is 0 Å². The topological polar surface area (TPSA) is 26.0 Å². The molecule has 0 aromatic heterocycles. The maximum Gasteiger partial charge on any atom is -0.00745 e.